The maximum absolute atomic E-state index is 13.5. The summed E-state index contributed by atoms with van der Waals surface area (Å²) in [5.41, 5.74) is -1.92. The lowest BCUT2D eigenvalue weighted by molar-refractivity contribution is -0.137. The van der Waals surface area contributed by atoms with E-state index in [0.717, 1.165) is 17.0 Å². The summed E-state index contributed by atoms with van der Waals surface area (Å²) in [5.74, 6) is 3.02. The Morgan fingerprint density at radius 3 is 2.63 bits per heavy atom. The predicted octanol–water partition coefficient (Wildman–Crippen LogP) is 0.534. The van der Waals surface area contributed by atoms with Crippen LogP contribution in [-0.4, -0.2) is 30.7 Å². The Kier molecular flexibility index (Phi) is 4.37. The first-order valence-corrected chi connectivity index (χ1v) is 7.32. The minimum absolute atomic E-state index is 0.122. The van der Waals surface area contributed by atoms with E-state index in [1.807, 2.05) is 0 Å². The summed E-state index contributed by atoms with van der Waals surface area (Å²) in [6.45, 7) is -0.485. The number of amides is 1. The molecule has 3 aromatic rings. The highest BCUT2D eigenvalue weighted by atomic mass is 19.4. The summed E-state index contributed by atoms with van der Waals surface area (Å²) in [7, 11) is 0. The van der Waals surface area contributed by atoms with Crippen LogP contribution in [0.25, 0.3) is 16.6 Å². The van der Waals surface area contributed by atoms with Gasteiger partial charge in [0.05, 0.1) is 35.4 Å². The van der Waals surface area contributed by atoms with Crippen LogP contribution in [0.4, 0.5) is 13.2 Å². The number of nitrogen functional groups attached to an aromatic ring is 1. The number of carbonyl (C=O) groups is 1. The molecule has 3 rings (SSSR count). The van der Waals surface area contributed by atoms with Gasteiger partial charge < -0.3 is 19.8 Å². The topological polar surface area (TPSA) is 146 Å². The minimum atomic E-state index is -4.80. The minimum Gasteiger partial charge on any atom is -0.506 e. The Labute approximate surface area is 147 Å². The monoisotopic (exact) mass is 383 g/mol. The molecule has 1 amide bonds. The SMILES string of the molecule is NNC(=O)c1c(O)c2cc(-n3cnc(CO)c3)c(C(F)(F)F)cc2[nH]c1=O. The maximum Gasteiger partial charge on any atom is 0.418 e. The number of nitrogens with one attached hydrogen (secondary N) is 2. The van der Waals surface area contributed by atoms with Crippen molar-refractivity contribution in [1.82, 2.24) is 20.0 Å². The van der Waals surface area contributed by atoms with Gasteiger partial charge in [0.1, 0.15) is 11.3 Å². The number of carbonyl (C=O) groups excluding carboxylic acids is 1. The molecule has 1 aromatic carbocycles. The lowest BCUT2D eigenvalue weighted by Crippen LogP contribution is -2.34. The highest BCUT2D eigenvalue weighted by molar-refractivity contribution is 6.02. The fraction of sp³-hybridized carbons (Fsp3) is 0.133. The molecule has 27 heavy (non-hydrogen) atoms. The highest BCUT2D eigenvalue weighted by Crippen LogP contribution is 2.38. The van der Waals surface area contributed by atoms with Crippen LogP contribution in [0, 0.1) is 0 Å². The molecular formula is C15H12F3N5O4. The van der Waals surface area contributed by atoms with Crippen molar-refractivity contribution in [1.29, 1.82) is 0 Å². The van der Waals surface area contributed by atoms with E-state index in [2.05, 4.69) is 9.97 Å². The summed E-state index contributed by atoms with van der Waals surface area (Å²) in [4.78, 5) is 29.5. The maximum atomic E-state index is 13.5. The van der Waals surface area contributed by atoms with Gasteiger partial charge in [0.15, 0.2) is 0 Å². The third-order valence-electron chi connectivity index (χ3n) is 3.84. The lowest BCUT2D eigenvalue weighted by atomic mass is 10.0. The molecule has 0 spiro atoms. The number of fused-ring (bicyclic) bond motifs is 1. The summed E-state index contributed by atoms with van der Waals surface area (Å²) in [6.07, 6.45) is -2.57. The predicted molar refractivity (Wildman–Crippen MR) is 85.9 cm³/mol. The van der Waals surface area contributed by atoms with Crippen molar-refractivity contribution in [2.45, 2.75) is 12.8 Å². The van der Waals surface area contributed by atoms with Crippen molar-refractivity contribution in [3.05, 3.63) is 51.8 Å². The molecule has 2 aromatic heterocycles. The van der Waals surface area contributed by atoms with E-state index in [9.17, 15) is 27.9 Å². The Balaban J connectivity index is 2.39. The second-order valence-corrected chi connectivity index (χ2v) is 5.49. The number of halogens is 3. The van der Waals surface area contributed by atoms with E-state index in [1.54, 1.807) is 5.43 Å². The van der Waals surface area contributed by atoms with Gasteiger partial charge in [-0.25, -0.2) is 10.8 Å². The summed E-state index contributed by atoms with van der Waals surface area (Å²) in [5, 5.41) is 19.1. The number of hydrogen-bond donors (Lipinski definition) is 5. The van der Waals surface area contributed by atoms with Gasteiger partial charge in [-0.05, 0) is 12.1 Å². The van der Waals surface area contributed by atoms with Gasteiger partial charge in [-0.3, -0.25) is 15.0 Å². The molecule has 0 aliphatic rings. The molecule has 142 valence electrons. The normalized spacial score (nSPS) is 11.7. The smallest absolute Gasteiger partial charge is 0.418 e. The Morgan fingerprint density at radius 1 is 1.37 bits per heavy atom. The van der Waals surface area contributed by atoms with Crippen LogP contribution in [0.1, 0.15) is 21.6 Å². The number of aliphatic hydroxyl groups is 1. The number of aromatic amines is 1. The molecule has 6 N–H and O–H groups in total. The van der Waals surface area contributed by atoms with Crippen LogP contribution >= 0.6 is 0 Å². The second kappa shape index (κ2) is 6.41. The van der Waals surface area contributed by atoms with Gasteiger partial charge in [-0.1, -0.05) is 0 Å². The molecule has 0 saturated heterocycles. The van der Waals surface area contributed by atoms with E-state index in [0.29, 0.717) is 6.07 Å². The van der Waals surface area contributed by atoms with Crippen LogP contribution in [0.3, 0.4) is 0 Å². The molecule has 0 saturated carbocycles. The molecule has 0 aliphatic heterocycles. The first-order valence-electron chi connectivity index (χ1n) is 7.32. The number of rotatable bonds is 3. The first kappa shape index (κ1) is 18.4. The zero-order chi connectivity index (χ0) is 19.9. The number of nitrogens with zero attached hydrogens (tertiary/aromatic N) is 2. The average molecular weight is 383 g/mol. The van der Waals surface area contributed by atoms with E-state index < -0.39 is 46.8 Å². The second-order valence-electron chi connectivity index (χ2n) is 5.49. The van der Waals surface area contributed by atoms with Crippen LogP contribution in [0.2, 0.25) is 0 Å². The summed E-state index contributed by atoms with van der Waals surface area (Å²) in [6, 6.07) is 1.58. The number of hydrazine groups is 1. The molecule has 0 atom stereocenters. The quantitative estimate of drug-likeness (QED) is 0.253. The van der Waals surface area contributed by atoms with Crippen LogP contribution in [0.15, 0.2) is 29.5 Å². The van der Waals surface area contributed by atoms with Crippen molar-refractivity contribution in [2.75, 3.05) is 0 Å². The number of aromatic hydroxyl groups is 1. The van der Waals surface area contributed by atoms with Gasteiger partial charge in [-0.15, -0.1) is 0 Å². The van der Waals surface area contributed by atoms with E-state index in [4.69, 9.17) is 10.9 Å². The van der Waals surface area contributed by atoms with E-state index in [-0.39, 0.29) is 16.6 Å². The molecule has 0 bridgehead atoms. The molecule has 12 heteroatoms. The summed E-state index contributed by atoms with van der Waals surface area (Å²) < 4.78 is 41.5. The number of alkyl halides is 3. The van der Waals surface area contributed by atoms with Gasteiger partial charge in [-0.2, -0.15) is 13.2 Å². The number of aliphatic hydroxyl groups excluding tert-OH is 1. The Bertz CT molecular complexity index is 1100. The molecular weight excluding hydrogens is 371 g/mol. The highest BCUT2D eigenvalue weighted by Gasteiger charge is 2.35. The zero-order valence-electron chi connectivity index (χ0n) is 13.3. The zero-order valence-corrected chi connectivity index (χ0v) is 13.3. The number of aromatic nitrogens is 3. The largest absolute Gasteiger partial charge is 0.506 e. The number of benzene rings is 1. The molecule has 0 unspecified atom stereocenters. The van der Waals surface area contributed by atoms with Crippen molar-refractivity contribution < 1.29 is 28.2 Å². The van der Waals surface area contributed by atoms with Crippen molar-refractivity contribution >= 4 is 16.8 Å². The Morgan fingerprint density at radius 2 is 2.07 bits per heavy atom. The van der Waals surface area contributed by atoms with Crippen LogP contribution in [-0.2, 0) is 12.8 Å². The van der Waals surface area contributed by atoms with Crippen LogP contribution in [0.5, 0.6) is 5.75 Å². The molecule has 0 fully saturated rings. The van der Waals surface area contributed by atoms with Crippen molar-refractivity contribution in [2.24, 2.45) is 5.84 Å². The fourth-order valence-corrected chi connectivity index (χ4v) is 2.62. The average Bonchev–Trinajstić information content (AvgIpc) is 3.09. The fourth-order valence-electron chi connectivity index (χ4n) is 2.62. The number of nitrogens with two attached hydrogens (primary N) is 1. The van der Waals surface area contributed by atoms with Gasteiger partial charge >= 0.3 is 6.18 Å². The van der Waals surface area contributed by atoms with Crippen molar-refractivity contribution in [3.63, 3.8) is 0 Å². The third-order valence-corrected chi connectivity index (χ3v) is 3.84. The molecule has 0 aliphatic carbocycles. The standard InChI is InChI=1S/C15H12F3N5O4/c16-15(17,18)8-2-9-7(1-10(8)23-3-6(4-24)20-5-23)12(25)11(13(26)21-9)14(27)22-19/h1-3,5,24H,4,19H2,(H,22,27)(H2,21,25,26). The first-order chi connectivity index (χ1) is 12.7. The van der Waals surface area contributed by atoms with E-state index >= 15 is 0 Å². The van der Waals surface area contributed by atoms with Crippen LogP contribution < -0.4 is 16.8 Å². The summed E-state index contributed by atoms with van der Waals surface area (Å²) >= 11 is 0. The molecule has 0 radical (unpaired) electrons. The number of pyridine rings is 1. The van der Waals surface area contributed by atoms with Gasteiger partial charge in [0.2, 0.25) is 0 Å². The molecule has 2 heterocycles. The number of imidazole rings is 1. The Hall–Kier alpha value is -3.38. The van der Waals surface area contributed by atoms with E-state index in [1.165, 1.54) is 6.20 Å². The lowest BCUT2D eigenvalue weighted by Gasteiger charge is -2.16. The third kappa shape index (κ3) is 3.11. The van der Waals surface area contributed by atoms with Gasteiger partial charge in [0, 0.05) is 11.6 Å². The van der Waals surface area contributed by atoms with Gasteiger partial charge in [0.25, 0.3) is 11.5 Å². The molecule has 9 nitrogen and oxygen atoms in total. The van der Waals surface area contributed by atoms with Crippen molar-refractivity contribution in [3.8, 4) is 11.4 Å². The number of hydrogen-bond acceptors (Lipinski definition) is 6. The number of H-pyrrole nitrogens is 1.